The summed E-state index contributed by atoms with van der Waals surface area (Å²) in [6, 6.07) is -0.00908. The van der Waals surface area contributed by atoms with Crippen LogP contribution in [0.3, 0.4) is 0 Å². The molecule has 24 heavy (non-hydrogen) atoms. The number of ether oxygens (including phenoxy) is 1. The molecule has 0 aromatic rings. The third-order valence-electron chi connectivity index (χ3n) is 5.35. The molecule has 138 valence electrons. The van der Waals surface area contributed by atoms with Crippen LogP contribution >= 0.6 is 0 Å². The average Bonchev–Trinajstić information content (AvgIpc) is 3.21. The number of rotatable bonds is 5. The van der Waals surface area contributed by atoms with Crippen molar-refractivity contribution in [1.82, 2.24) is 15.1 Å². The summed E-state index contributed by atoms with van der Waals surface area (Å²) in [5, 5.41) is 3.05. The van der Waals surface area contributed by atoms with Crippen molar-refractivity contribution in [3.63, 3.8) is 0 Å². The predicted molar refractivity (Wildman–Crippen MR) is 82.7 cm³/mol. The van der Waals surface area contributed by atoms with Gasteiger partial charge >= 0.3 is 12.2 Å². The Bertz CT molecular complexity index is 460. The van der Waals surface area contributed by atoms with Crippen molar-refractivity contribution < 1.29 is 22.7 Å². The summed E-state index contributed by atoms with van der Waals surface area (Å²) >= 11 is 0. The van der Waals surface area contributed by atoms with Gasteiger partial charge in [-0.05, 0) is 38.1 Å². The Balaban J connectivity index is 1.43. The lowest BCUT2D eigenvalue weighted by Crippen LogP contribution is -2.47. The van der Waals surface area contributed by atoms with Crippen molar-refractivity contribution >= 4 is 6.03 Å². The summed E-state index contributed by atoms with van der Waals surface area (Å²) in [7, 11) is 0. The zero-order chi connectivity index (χ0) is 17.3. The number of likely N-dealkylation sites (tertiary alicyclic amines) is 1. The van der Waals surface area contributed by atoms with Crippen LogP contribution < -0.4 is 5.32 Å². The lowest BCUT2D eigenvalue weighted by Gasteiger charge is -2.26. The summed E-state index contributed by atoms with van der Waals surface area (Å²) in [4.78, 5) is 15.5. The molecule has 3 aliphatic rings. The molecular formula is C16H26F3N3O2. The minimum Gasteiger partial charge on any atom is -0.373 e. The fourth-order valence-corrected chi connectivity index (χ4v) is 4.13. The molecule has 4 atom stereocenters. The van der Waals surface area contributed by atoms with E-state index in [-0.39, 0.29) is 30.2 Å². The van der Waals surface area contributed by atoms with E-state index in [1.807, 2.05) is 0 Å². The summed E-state index contributed by atoms with van der Waals surface area (Å²) < 4.78 is 43.4. The highest BCUT2D eigenvalue weighted by atomic mass is 19.4. The molecule has 3 rings (SSSR count). The molecule has 0 spiro atoms. The standard InChI is InChI=1S/C16H26F3N3O2/c1-2-21(10-16(17,18)19)8-11-5-6-22(9-11)15(23)20-13-7-12-3-4-14(13)24-12/h11-14H,2-10H2,1H3,(H,20,23). The summed E-state index contributed by atoms with van der Waals surface area (Å²) in [5.74, 6) is 0.106. The van der Waals surface area contributed by atoms with Gasteiger partial charge in [0.1, 0.15) is 0 Å². The second kappa shape index (κ2) is 7.07. The minimum atomic E-state index is -4.17. The van der Waals surface area contributed by atoms with E-state index in [0.29, 0.717) is 26.2 Å². The van der Waals surface area contributed by atoms with Gasteiger partial charge in [0, 0.05) is 19.6 Å². The molecule has 0 aromatic carbocycles. The first-order valence-electron chi connectivity index (χ1n) is 8.84. The third kappa shape index (κ3) is 4.33. The first-order chi connectivity index (χ1) is 11.3. The molecule has 3 aliphatic heterocycles. The van der Waals surface area contributed by atoms with Gasteiger partial charge in [-0.15, -0.1) is 0 Å². The lowest BCUT2D eigenvalue weighted by molar-refractivity contribution is -0.146. The van der Waals surface area contributed by atoms with Crippen LogP contribution in [0.25, 0.3) is 0 Å². The number of urea groups is 1. The number of nitrogens with zero attached hydrogens (tertiary/aromatic N) is 2. The van der Waals surface area contributed by atoms with Crippen molar-refractivity contribution in [3.05, 3.63) is 0 Å². The first-order valence-corrected chi connectivity index (χ1v) is 8.84. The molecule has 8 heteroatoms. The molecule has 0 saturated carbocycles. The van der Waals surface area contributed by atoms with Gasteiger partial charge in [0.25, 0.3) is 0 Å². The van der Waals surface area contributed by atoms with E-state index in [9.17, 15) is 18.0 Å². The zero-order valence-electron chi connectivity index (χ0n) is 14.0. The molecule has 3 heterocycles. The molecule has 0 aliphatic carbocycles. The minimum absolute atomic E-state index is 0.0904. The lowest BCUT2D eigenvalue weighted by atomic mass is 9.96. The molecule has 3 fully saturated rings. The number of alkyl halides is 3. The van der Waals surface area contributed by atoms with Crippen molar-refractivity contribution in [2.45, 2.75) is 57.0 Å². The summed E-state index contributed by atoms with van der Waals surface area (Å²) in [6.07, 6.45) is -0.0340. The summed E-state index contributed by atoms with van der Waals surface area (Å²) in [6.45, 7) is 2.75. The normalized spacial score (nSPS) is 32.8. The van der Waals surface area contributed by atoms with Crippen molar-refractivity contribution in [2.75, 3.05) is 32.7 Å². The van der Waals surface area contributed by atoms with Gasteiger partial charge in [-0.1, -0.05) is 6.92 Å². The van der Waals surface area contributed by atoms with Crippen LogP contribution in [0, 0.1) is 5.92 Å². The van der Waals surface area contributed by atoms with E-state index in [1.54, 1.807) is 11.8 Å². The molecule has 1 N–H and O–H groups in total. The van der Waals surface area contributed by atoms with Crippen molar-refractivity contribution in [3.8, 4) is 0 Å². The van der Waals surface area contributed by atoms with E-state index in [4.69, 9.17) is 4.74 Å². The van der Waals surface area contributed by atoms with Gasteiger partial charge in [-0.3, -0.25) is 4.90 Å². The highest BCUT2D eigenvalue weighted by molar-refractivity contribution is 5.75. The van der Waals surface area contributed by atoms with Crippen LogP contribution in [0.5, 0.6) is 0 Å². The smallest absolute Gasteiger partial charge is 0.373 e. The number of fused-ring (bicyclic) bond motifs is 2. The molecule has 5 nitrogen and oxygen atoms in total. The number of amides is 2. The maximum atomic E-state index is 12.5. The van der Waals surface area contributed by atoms with Crippen LogP contribution in [-0.2, 0) is 4.74 Å². The maximum Gasteiger partial charge on any atom is 0.401 e. The van der Waals surface area contributed by atoms with Crippen LogP contribution in [0.2, 0.25) is 0 Å². The molecular weight excluding hydrogens is 323 g/mol. The van der Waals surface area contributed by atoms with Gasteiger partial charge in [0.15, 0.2) is 0 Å². The molecule has 2 amide bonds. The Morgan fingerprint density at radius 3 is 2.71 bits per heavy atom. The fraction of sp³-hybridized carbons (Fsp3) is 0.938. The van der Waals surface area contributed by atoms with Crippen LogP contribution in [0.1, 0.15) is 32.6 Å². The first kappa shape index (κ1) is 17.8. The van der Waals surface area contributed by atoms with E-state index in [0.717, 1.165) is 25.7 Å². The Labute approximate surface area is 140 Å². The van der Waals surface area contributed by atoms with Gasteiger partial charge in [-0.25, -0.2) is 4.79 Å². The monoisotopic (exact) mass is 349 g/mol. The quantitative estimate of drug-likeness (QED) is 0.828. The number of hydrogen-bond donors (Lipinski definition) is 1. The van der Waals surface area contributed by atoms with Crippen molar-refractivity contribution in [1.29, 1.82) is 0 Å². The van der Waals surface area contributed by atoms with Crippen LogP contribution in [0.4, 0.5) is 18.0 Å². The van der Waals surface area contributed by atoms with E-state index in [1.165, 1.54) is 4.90 Å². The van der Waals surface area contributed by atoms with Crippen LogP contribution in [0.15, 0.2) is 0 Å². The molecule has 0 aromatic heterocycles. The van der Waals surface area contributed by atoms with Gasteiger partial charge in [0.05, 0.1) is 24.8 Å². The average molecular weight is 349 g/mol. The predicted octanol–water partition coefficient (Wildman–Crippen LogP) is 2.22. The zero-order valence-corrected chi connectivity index (χ0v) is 14.0. The Hall–Kier alpha value is -1.02. The number of carbonyl (C=O) groups excluding carboxylic acids is 1. The van der Waals surface area contributed by atoms with E-state index >= 15 is 0 Å². The second-order valence-corrected chi connectivity index (χ2v) is 7.21. The van der Waals surface area contributed by atoms with Crippen molar-refractivity contribution in [2.24, 2.45) is 5.92 Å². The van der Waals surface area contributed by atoms with E-state index < -0.39 is 12.7 Å². The van der Waals surface area contributed by atoms with Gasteiger partial charge < -0.3 is 15.0 Å². The maximum absolute atomic E-state index is 12.5. The van der Waals surface area contributed by atoms with E-state index in [2.05, 4.69) is 5.32 Å². The Morgan fingerprint density at radius 1 is 1.33 bits per heavy atom. The Morgan fingerprint density at radius 2 is 2.12 bits per heavy atom. The van der Waals surface area contributed by atoms with Gasteiger partial charge in [-0.2, -0.15) is 13.2 Å². The van der Waals surface area contributed by atoms with Gasteiger partial charge in [0.2, 0.25) is 0 Å². The van der Waals surface area contributed by atoms with Crippen LogP contribution in [-0.4, -0.2) is 73.0 Å². The Kier molecular flexibility index (Phi) is 5.24. The summed E-state index contributed by atoms with van der Waals surface area (Å²) in [5.41, 5.74) is 0. The molecule has 0 radical (unpaired) electrons. The number of halogens is 3. The number of hydrogen-bond acceptors (Lipinski definition) is 3. The highest BCUT2D eigenvalue weighted by Crippen LogP contribution is 2.34. The third-order valence-corrected chi connectivity index (χ3v) is 5.35. The highest BCUT2D eigenvalue weighted by Gasteiger charge is 2.42. The fourth-order valence-electron chi connectivity index (χ4n) is 4.13. The topological polar surface area (TPSA) is 44.8 Å². The molecule has 3 saturated heterocycles. The number of nitrogens with one attached hydrogen (secondary N) is 1. The second-order valence-electron chi connectivity index (χ2n) is 7.21. The SMILES string of the molecule is CCN(CC1CCN(C(=O)NC2CC3CCC2O3)C1)CC(F)(F)F. The molecule has 2 bridgehead atoms. The largest absolute Gasteiger partial charge is 0.401 e. The number of carbonyl (C=O) groups is 1. The molecule has 4 unspecified atom stereocenters.